The van der Waals surface area contributed by atoms with Crippen molar-refractivity contribution in [1.82, 2.24) is 15.8 Å². The number of amides is 1. The summed E-state index contributed by atoms with van der Waals surface area (Å²) in [6.07, 6.45) is 7.15. The molecule has 0 bridgehead atoms. The maximum absolute atomic E-state index is 12.8. The molecular weight excluding hydrogens is 326 g/mol. The fourth-order valence-corrected chi connectivity index (χ4v) is 5.11. The number of nitrogens with zero attached hydrogens (tertiary/aromatic N) is 1. The Bertz CT molecular complexity index is 393. The normalized spacial score (nSPS) is 31.5. The molecule has 0 aromatic heterocycles. The molecule has 3 rings (SSSR count). The molecule has 1 saturated carbocycles. The van der Waals surface area contributed by atoms with Gasteiger partial charge in [0.1, 0.15) is 6.61 Å². The topological polar surface area (TPSA) is 62.8 Å². The highest BCUT2D eigenvalue weighted by Crippen LogP contribution is 2.28. The first-order valence-corrected chi connectivity index (χ1v) is 10.3. The molecule has 3 aliphatic rings. The predicted molar refractivity (Wildman–Crippen MR) is 96.0 cm³/mol. The second kappa shape index (κ2) is 9.38. The van der Waals surface area contributed by atoms with Crippen molar-refractivity contribution in [3.05, 3.63) is 0 Å². The summed E-state index contributed by atoms with van der Waals surface area (Å²) in [6.45, 7) is 2.72. The van der Waals surface area contributed by atoms with E-state index in [9.17, 15) is 4.79 Å². The summed E-state index contributed by atoms with van der Waals surface area (Å²) in [5.74, 6) is 1.37. The summed E-state index contributed by atoms with van der Waals surface area (Å²) in [7, 11) is 1.78. The van der Waals surface area contributed by atoms with E-state index in [4.69, 9.17) is 9.47 Å². The number of thioether (sulfide) groups is 1. The van der Waals surface area contributed by atoms with E-state index in [0.29, 0.717) is 11.4 Å². The van der Waals surface area contributed by atoms with Gasteiger partial charge in [0.05, 0.1) is 18.2 Å². The smallest absolute Gasteiger partial charge is 0.248 e. The van der Waals surface area contributed by atoms with E-state index in [1.54, 1.807) is 7.11 Å². The molecule has 6 nitrogen and oxygen atoms in total. The van der Waals surface area contributed by atoms with Crippen LogP contribution in [-0.4, -0.2) is 73.4 Å². The lowest BCUT2D eigenvalue weighted by atomic mass is 9.95. The fourth-order valence-electron chi connectivity index (χ4n) is 3.84. The Labute approximate surface area is 149 Å². The van der Waals surface area contributed by atoms with Crippen molar-refractivity contribution in [2.24, 2.45) is 0 Å². The molecule has 0 aromatic rings. The largest absolute Gasteiger partial charge is 0.381 e. The molecule has 3 fully saturated rings. The van der Waals surface area contributed by atoms with Crippen LogP contribution in [0.2, 0.25) is 0 Å². The van der Waals surface area contributed by atoms with Crippen LogP contribution in [0.3, 0.4) is 0 Å². The van der Waals surface area contributed by atoms with Crippen molar-refractivity contribution in [3.63, 3.8) is 0 Å². The molecule has 1 unspecified atom stereocenters. The average Bonchev–Trinajstić information content (AvgIpc) is 3.31. The van der Waals surface area contributed by atoms with E-state index >= 15 is 0 Å². The van der Waals surface area contributed by atoms with Crippen molar-refractivity contribution < 1.29 is 14.3 Å². The van der Waals surface area contributed by atoms with Crippen LogP contribution in [0.1, 0.15) is 38.5 Å². The summed E-state index contributed by atoms with van der Waals surface area (Å²) in [5, 5.41) is 0.590. The molecule has 2 aliphatic heterocycles. The van der Waals surface area contributed by atoms with Crippen molar-refractivity contribution in [3.8, 4) is 0 Å². The van der Waals surface area contributed by atoms with E-state index in [1.165, 1.54) is 18.6 Å². The number of methoxy groups -OCH3 is 1. The molecule has 1 amide bonds. The van der Waals surface area contributed by atoms with E-state index in [0.717, 1.165) is 45.3 Å². The number of carbonyl (C=O) groups is 1. The third-order valence-corrected chi connectivity index (χ3v) is 6.76. The Morgan fingerprint density at radius 2 is 1.83 bits per heavy atom. The predicted octanol–water partition coefficient (Wildman–Crippen LogP) is 1.16. The van der Waals surface area contributed by atoms with Gasteiger partial charge in [0, 0.05) is 32.0 Å². The summed E-state index contributed by atoms with van der Waals surface area (Å²) in [6, 6.07) is 0.242. The molecule has 0 radical (unpaired) electrons. The standard InChI is InChI=1S/C17H31N3O3S/c1-22-14-4-6-15(7-5-14)23-12-17(21)20(13-9-18-19-10-13)11-16-3-2-8-24-16/h13-16,18-19H,2-12H2,1H3. The zero-order chi connectivity index (χ0) is 16.8. The Morgan fingerprint density at radius 3 is 2.46 bits per heavy atom. The first kappa shape index (κ1) is 18.5. The van der Waals surface area contributed by atoms with E-state index in [-0.39, 0.29) is 24.7 Å². The summed E-state index contributed by atoms with van der Waals surface area (Å²) < 4.78 is 11.3. The Balaban J connectivity index is 1.47. The minimum atomic E-state index is 0.145. The Kier molecular flexibility index (Phi) is 7.21. The molecule has 138 valence electrons. The van der Waals surface area contributed by atoms with E-state index in [2.05, 4.69) is 15.8 Å². The van der Waals surface area contributed by atoms with Crippen LogP contribution >= 0.6 is 11.8 Å². The third-order valence-electron chi connectivity index (χ3n) is 5.38. The van der Waals surface area contributed by atoms with Gasteiger partial charge in [-0.05, 0) is 44.3 Å². The second-order valence-corrected chi connectivity index (χ2v) is 8.45. The van der Waals surface area contributed by atoms with Gasteiger partial charge >= 0.3 is 0 Å². The number of hydrogen-bond acceptors (Lipinski definition) is 6. The lowest BCUT2D eigenvalue weighted by Crippen LogP contribution is -2.48. The van der Waals surface area contributed by atoms with Crippen LogP contribution in [0.4, 0.5) is 0 Å². The lowest BCUT2D eigenvalue weighted by molar-refractivity contribution is -0.141. The SMILES string of the molecule is COC1CCC(OCC(=O)N(CC2CCCS2)C2CNNC2)CC1. The highest BCUT2D eigenvalue weighted by molar-refractivity contribution is 8.00. The van der Waals surface area contributed by atoms with Crippen LogP contribution < -0.4 is 10.9 Å². The van der Waals surface area contributed by atoms with E-state index in [1.807, 2.05) is 11.8 Å². The number of carbonyl (C=O) groups excluding carboxylic acids is 1. The van der Waals surface area contributed by atoms with Crippen LogP contribution in [0.5, 0.6) is 0 Å². The van der Waals surface area contributed by atoms with Gasteiger partial charge in [-0.1, -0.05) is 0 Å². The number of ether oxygens (including phenoxy) is 2. The monoisotopic (exact) mass is 357 g/mol. The number of rotatable bonds is 7. The Hall–Kier alpha value is -0.340. The summed E-state index contributed by atoms with van der Waals surface area (Å²) in [5.41, 5.74) is 6.29. The van der Waals surface area contributed by atoms with E-state index < -0.39 is 0 Å². The molecule has 1 atom stereocenters. The quantitative estimate of drug-likeness (QED) is 0.713. The zero-order valence-corrected chi connectivity index (χ0v) is 15.5. The van der Waals surface area contributed by atoms with Crippen LogP contribution in [-0.2, 0) is 14.3 Å². The van der Waals surface area contributed by atoms with Crippen molar-refractivity contribution >= 4 is 17.7 Å². The van der Waals surface area contributed by atoms with Crippen LogP contribution in [0, 0.1) is 0 Å². The maximum atomic E-state index is 12.8. The first-order chi connectivity index (χ1) is 11.8. The average molecular weight is 358 g/mol. The molecule has 2 N–H and O–H groups in total. The fraction of sp³-hybridized carbons (Fsp3) is 0.941. The summed E-state index contributed by atoms with van der Waals surface area (Å²) in [4.78, 5) is 14.8. The molecule has 2 saturated heterocycles. The van der Waals surface area contributed by atoms with Gasteiger partial charge in [-0.15, -0.1) is 0 Å². The lowest BCUT2D eigenvalue weighted by Gasteiger charge is -2.32. The third kappa shape index (κ3) is 5.08. The highest BCUT2D eigenvalue weighted by atomic mass is 32.2. The number of hydrazine groups is 1. The molecule has 0 spiro atoms. The molecule has 2 heterocycles. The molecular formula is C17H31N3O3S. The Morgan fingerprint density at radius 1 is 1.12 bits per heavy atom. The van der Waals surface area contributed by atoms with Crippen LogP contribution in [0.25, 0.3) is 0 Å². The van der Waals surface area contributed by atoms with Crippen molar-refractivity contribution in [2.45, 2.75) is 62.0 Å². The zero-order valence-electron chi connectivity index (χ0n) is 14.7. The summed E-state index contributed by atoms with van der Waals surface area (Å²) >= 11 is 2.01. The van der Waals surface area contributed by atoms with Gasteiger partial charge in [0.15, 0.2) is 0 Å². The number of hydrogen-bond donors (Lipinski definition) is 2. The minimum absolute atomic E-state index is 0.145. The number of nitrogens with one attached hydrogen (secondary N) is 2. The first-order valence-electron chi connectivity index (χ1n) is 9.27. The van der Waals surface area contributed by atoms with Gasteiger partial charge < -0.3 is 14.4 Å². The molecule has 1 aliphatic carbocycles. The maximum Gasteiger partial charge on any atom is 0.248 e. The molecule has 7 heteroatoms. The van der Waals surface area contributed by atoms with Gasteiger partial charge in [-0.2, -0.15) is 11.8 Å². The van der Waals surface area contributed by atoms with Crippen molar-refractivity contribution in [1.29, 1.82) is 0 Å². The van der Waals surface area contributed by atoms with Gasteiger partial charge in [-0.3, -0.25) is 15.6 Å². The molecule has 24 heavy (non-hydrogen) atoms. The van der Waals surface area contributed by atoms with Crippen molar-refractivity contribution in [2.75, 3.05) is 39.1 Å². The van der Waals surface area contributed by atoms with Crippen LogP contribution in [0.15, 0.2) is 0 Å². The van der Waals surface area contributed by atoms with Gasteiger partial charge in [-0.25, -0.2) is 0 Å². The second-order valence-electron chi connectivity index (χ2n) is 7.04. The van der Waals surface area contributed by atoms with Gasteiger partial charge in [0.25, 0.3) is 0 Å². The molecule has 0 aromatic carbocycles. The highest BCUT2D eigenvalue weighted by Gasteiger charge is 2.31. The minimum Gasteiger partial charge on any atom is -0.381 e. The van der Waals surface area contributed by atoms with Gasteiger partial charge in [0.2, 0.25) is 5.91 Å².